The number of nitrogens with zero attached hydrogens (tertiary/aromatic N) is 1. The minimum Gasteiger partial charge on any atom is -0.490 e. The Kier molecular flexibility index (Phi) is 3.56. The number of benzene rings is 1. The zero-order valence-corrected chi connectivity index (χ0v) is 12.1. The first-order valence-electron chi connectivity index (χ1n) is 7.34. The van der Waals surface area contributed by atoms with Crippen LogP contribution >= 0.6 is 0 Å². The minimum absolute atomic E-state index is 0.0633. The molecule has 5 nitrogen and oxygen atoms in total. The molecule has 1 aromatic carbocycles. The number of carbonyl (C=O) groups is 1. The fourth-order valence-electron chi connectivity index (χ4n) is 3.11. The molecule has 1 amide bonds. The number of anilines is 1. The van der Waals surface area contributed by atoms with Crippen molar-refractivity contribution in [3.8, 4) is 11.8 Å². The van der Waals surface area contributed by atoms with Gasteiger partial charge in [0.2, 0.25) is 5.91 Å². The fourth-order valence-corrected chi connectivity index (χ4v) is 3.11. The van der Waals surface area contributed by atoms with E-state index in [2.05, 4.69) is 16.7 Å². The normalized spacial score (nSPS) is 27.6. The Morgan fingerprint density at radius 2 is 2.33 bits per heavy atom. The highest BCUT2D eigenvalue weighted by Gasteiger charge is 2.39. The number of ether oxygens (including phenoxy) is 1. The van der Waals surface area contributed by atoms with Crippen molar-refractivity contribution >= 4 is 11.6 Å². The summed E-state index contributed by atoms with van der Waals surface area (Å²) >= 11 is 0. The highest BCUT2D eigenvalue weighted by molar-refractivity contribution is 5.93. The fraction of sp³-hybridized carbons (Fsp3) is 0.500. The second kappa shape index (κ2) is 5.38. The number of hydrogen-bond acceptors (Lipinski definition) is 4. The van der Waals surface area contributed by atoms with E-state index in [-0.39, 0.29) is 12.0 Å². The summed E-state index contributed by atoms with van der Waals surface area (Å²) in [4.78, 5) is 11.3. The van der Waals surface area contributed by atoms with Crippen LogP contribution in [-0.4, -0.2) is 24.6 Å². The van der Waals surface area contributed by atoms with Crippen LogP contribution in [0, 0.1) is 11.3 Å². The van der Waals surface area contributed by atoms with Gasteiger partial charge >= 0.3 is 0 Å². The third-order valence-electron chi connectivity index (χ3n) is 4.44. The van der Waals surface area contributed by atoms with Crippen molar-refractivity contribution in [1.29, 1.82) is 5.26 Å². The van der Waals surface area contributed by atoms with Crippen LogP contribution in [-0.2, 0) is 11.2 Å². The Labute approximate surface area is 124 Å². The van der Waals surface area contributed by atoms with Crippen molar-refractivity contribution in [2.24, 2.45) is 0 Å². The zero-order chi connectivity index (χ0) is 14.9. The number of nitriles is 1. The van der Waals surface area contributed by atoms with Crippen LogP contribution in [0.2, 0.25) is 0 Å². The average molecular weight is 285 g/mol. The molecular weight excluding hydrogens is 266 g/mol. The lowest BCUT2D eigenvalue weighted by Gasteiger charge is -2.21. The van der Waals surface area contributed by atoms with E-state index in [1.54, 1.807) is 0 Å². The minimum atomic E-state index is -0.452. The van der Waals surface area contributed by atoms with Gasteiger partial charge in [-0.15, -0.1) is 0 Å². The molecule has 0 radical (unpaired) electrons. The summed E-state index contributed by atoms with van der Waals surface area (Å²) in [6.45, 7) is 0. The van der Waals surface area contributed by atoms with Gasteiger partial charge in [0.1, 0.15) is 17.4 Å². The summed E-state index contributed by atoms with van der Waals surface area (Å²) in [5, 5.41) is 15.2. The summed E-state index contributed by atoms with van der Waals surface area (Å²) in [6.07, 6.45) is 3.73. The Balaban J connectivity index is 1.70. The molecular formula is C16H19N3O2. The molecule has 1 aromatic rings. The first-order chi connectivity index (χ1) is 10.1. The molecule has 1 fully saturated rings. The number of hydrogen-bond donors (Lipinski definition) is 2. The molecule has 21 heavy (non-hydrogen) atoms. The van der Waals surface area contributed by atoms with Gasteiger partial charge in [-0.3, -0.25) is 4.79 Å². The van der Waals surface area contributed by atoms with Crippen LogP contribution in [0.1, 0.15) is 31.2 Å². The molecule has 1 heterocycles. The Hall–Kier alpha value is -2.06. The SMILES string of the molecule is CNC1(C#N)CCC(Oc2ccc3c(c2)CCC(=O)N3)C1. The first-order valence-corrected chi connectivity index (χ1v) is 7.34. The summed E-state index contributed by atoms with van der Waals surface area (Å²) in [5.74, 6) is 0.888. The van der Waals surface area contributed by atoms with E-state index in [0.29, 0.717) is 12.8 Å². The smallest absolute Gasteiger partial charge is 0.224 e. The lowest BCUT2D eigenvalue weighted by molar-refractivity contribution is -0.116. The maximum atomic E-state index is 11.3. The lowest BCUT2D eigenvalue weighted by atomic mass is 10.0. The van der Waals surface area contributed by atoms with Crippen LogP contribution in [0.3, 0.4) is 0 Å². The van der Waals surface area contributed by atoms with E-state index >= 15 is 0 Å². The van der Waals surface area contributed by atoms with Gasteiger partial charge in [-0.25, -0.2) is 0 Å². The van der Waals surface area contributed by atoms with E-state index in [0.717, 1.165) is 36.3 Å². The molecule has 2 atom stereocenters. The highest BCUT2D eigenvalue weighted by atomic mass is 16.5. The predicted octanol–water partition coefficient (Wildman–Crippen LogP) is 1.98. The number of aryl methyl sites for hydroxylation is 1. The van der Waals surface area contributed by atoms with Crippen LogP contribution in [0.4, 0.5) is 5.69 Å². The van der Waals surface area contributed by atoms with E-state index < -0.39 is 5.54 Å². The van der Waals surface area contributed by atoms with Crippen molar-refractivity contribution in [1.82, 2.24) is 5.32 Å². The zero-order valence-electron chi connectivity index (χ0n) is 12.1. The highest BCUT2D eigenvalue weighted by Crippen LogP contribution is 2.33. The Morgan fingerprint density at radius 1 is 1.48 bits per heavy atom. The van der Waals surface area contributed by atoms with Crippen LogP contribution < -0.4 is 15.4 Å². The number of amides is 1. The standard InChI is InChI=1S/C16H19N3O2/c1-18-16(10-17)7-6-13(9-16)21-12-3-4-14-11(8-12)2-5-15(20)19-14/h3-4,8,13,18H,2,5-7,9H2,1H3,(H,19,20). The van der Waals surface area contributed by atoms with E-state index in [4.69, 9.17) is 4.74 Å². The number of carbonyl (C=O) groups excluding carboxylic acids is 1. The van der Waals surface area contributed by atoms with Gasteiger partial charge in [0, 0.05) is 18.5 Å². The molecule has 1 aliphatic heterocycles. The van der Waals surface area contributed by atoms with Crippen LogP contribution in [0.5, 0.6) is 5.75 Å². The molecule has 1 saturated carbocycles. The average Bonchev–Trinajstić information content (AvgIpc) is 2.91. The Morgan fingerprint density at radius 3 is 3.05 bits per heavy atom. The summed E-state index contributed by atoms with van der Waals surface area (Å²) in [5.41, 5.74) is 1.55. The molecule has 0 bridgehead atoms. The van der Waals surface area contributed by atoms with E-state index in [1.165, 1.54) is 0 Å². The predicted molar refractivity (Wildman–Crippen MR) is 79.1 cm³/mol. The molecule has 1 aliphatic carbocycles. The van der Waals surface area contributed by atoms with E-state index in [9.17, 15) is 10.1 Å². The van der Waals surface area contributed by atoms with Crippen LogP contribution in [0.15, 0.2) is 18.2 Å². The number of fused-ring (bicyclic) bond motifs is 1. The summed E-state index contributed by atoms with van der Waals surface area (Å²) in [7, 11) is 1.83. The molecule has 2 aliphatic rings. The molecule has 0 spiro atoms. The second-order valence-electron chi connectivity index (χ2n) is 5.79. The molecule has 2 N–H and O–H groups in total. The molecule has 5 heteroatoms. The van der Waals surface area contributed by atoms with Gasteiger partial charge in [0.15, 0.2) is 0 Å². The number of rotatable bonds is 3. The maximum absolute atomic E-state index is 11.3. The van der Waals surface area contributed by atoms with Crippen LogP contribution in [0.25, 0.3) is 0 Å². The van der Waals surface area contributed by atoms with Crippen molar-refractivity contribution in [2.75, 3.05) is 12.4 Å². The largest absolute Gasteiger partial charge is 0.490 e. The van der Waals surface area contributed by atoms with E-state index in [1.807, 2.05) is 25.2 Å². The van der Waals surface area contributed by atoms with Crippen molar-refractivity contribution in [2.45, 2.75) is 43.7 Å². The van der Waals surface area contributed by atoms with Gasteiger partial charge in [0.05, 0.1) is 6.07 Å². The first kappa shape index (κ1) is 13.9. The van der Waals surface area contributed by atoms with Gasteiger partial charge in [-0.1, -0.05) is 0 Å². The van der Waals surface area contributed by atoms with Gasteiger partial charge in [-0.2, -0.15) is 5.26 Å². The maximum Gasteiger partial charge on any atom is 0.224 e. The molecule has 0 saturated heterocycles. The molecule has 110 valence electrons. The third kappa shape index (κ3) is 2.72. The quantitative estimate of drug-likeness (QED) is 0.890. The van der Waals surface area contributed by atoms with Gasteiger partial charge < -0.3 is 15.4 Å². The molecule has 0 aromatic heterocycles. The topological polar surface area (TPSA) is 74.1 Å². The van der Waals surface area contributed by atoms with Crippen molar-refractivity contribution in [3.05, 3.63) is 23.8 Å². The molecule has 3 rings (SSSR count). The lowest BCUT2D eigenvalue weighted by Crippen LogP contribution is -2.39. The van der Waals surface area contributed by atoms with Crippen molar-refractivity contribution < 1.29 is 9.53 Å². The van der Waals surface area contributed by atoms with Gasteiger partial charge in [0.25, 0.3) is 0 Å². The summed E-state index contributed by atoms with van der Waals surface area (Å²) in [6, 6.07) is 8.14. The molecule has 2 unspecified atom stereocenters. The second-order valence-corrected chi connectivity index (χ2v) is 5.79. The van der Waals surface area contributed by atoms with Gasteiger partial charge in [-0.05, 0) is 50.1 Å². The monoisotopic (exact) mass is 285 g/mol. The third-order valence-corrected chi connectivity index (χ3v) is 4.44. The Bertz CT molecular complexity index is 608. The number of nitrogens with one attached hydrogen (secondary N) is 2. The van der Waals surface area contributed by atoms with Crippen molar-refractivity contribution in [3.63, 3.8) is 0 Å². The summed E-state index contributed by atoms with van der Waals surface area (Å²) < 4.78 is 6.02.